The molecule has 0 aromatic heterocycles. The fraction of sp³-hybridized carbons (Fsp3) is 0.300. The molecule has 0 spiro atoms. The SMILES string of the molecule is CNC(Cc1ccc(OB(O)O)cc1)C(=O)O. The van der Waals surface area contributed by atoms with Gasteiger partial charge < -0.3 is 25.1 Å². The Labute approximate surface area is 99.0 Å². The number of rotatable bonds is 6. The lowest BCUT2D eigenvalue weighted by Gasteiger charge is -2.11. The van der Waals surface area contributed by atoms with Gasteiger partial charge in [-0.05, 0) is 31.2 Å². The van der Waals surface area contributed by atoms with Crippen LogP contribution >= 0.6 is 0 Å². The number of hydrogen-bond acceptors (Lipinski definition) is 5. The van der Waals surface area contributed by atoms with Gasteiger partial charge in [-0.3, -0.25) is 4.79 Å². The van der Waals surface area contributed by atoms with Crippen molar-refractivity contribution in [2.24, 2.45) is 0 Å². The molecule has 0 aliphatic rings. The van der Waals surface area contributed by atoms with E-state index in [0.29, 0.717) is 12.2 Å². The first kappa shape index (κ1) is 13.5. The smallest absolute Gasteiger partial charge is 0.512 e. The van der Waals surface area contributed by atoms with Crippen molar-refractivity contribution in [2.45, 2.75) is 12.5 Å². The van der Waals surface area contributed by atoms with Gasteiger partial charge in [-0.2, -0.15) is 0 Å². The van der Waals surface area contributed by atoms with E-state index in [9.17, 15) is 4.79 Å². The molecule has 4 N–H and O–H groups in total. The van der Waals surface area contributed by atoms with E-state index in [4.69, 9.17) is 15.2 Å². The van der Waals surface area contributed by atoms with Crippen molar-refractivity contribution in [3.63, 3.8) is 0 Å². The third kappa shape index (κ3) is 4.43. The zero-order chi connectivity index (χ0) is 12.8. The maximum absolute atomic E-state index is 10.8. The average molecular weight is 239 g/mol. The Morgan fingerprint density at radius 1 is 1.41 bits per heavy atom. The van der Waals surface area contributed by atoms with Gasteiger partial charge >= 0.3 is 13.3 Å². The molecule has 6 nitrogen and oxygen atoms in total. The number of aliphatic carboxylic acids is 1. The molecule has 1 unspecified atom stereocenters. The maximum atomic E-state index is 10.8. The average Bonchev–Trinajstić information content (AvgIpc) is 2.26. The van der Waals surface area contributed by atoms with E-state index in [2.05, 4.69) is 9.97 Å². The summed E-state index contributed by atoms with van der Waals surface area (Å²) in [4.78, 5) is 10.8. The highest BCUT2D eigenvalue weighted by Gasteiger charge is 2.15. The predicted octanol–water partition coefficient (Wildman–Crippen LogP) is -0.750. The third-order valence-electron chi connectivity index (χ3n) is 2.25. The highest BCUT2D eigenvalue weighted by Crippen LogP contribution is 2.13. The van der Waals surface area contributed by atoms with Crippen LogP contribution in [0.3, 0.4) is 0 Å². The monoisotopic (exact) mass is 239 g/mol. The summed E-state index contributed by atoms with van der Waals surface area (Å²) in [7, 11) is -0.275. The number of carbonyl (C=O) groups is 1. The molecular formula is C10H14BNO5. The largest absolute Gasteiger partial charge is 0.707 e. The Kier molecular flexibility index (Phi) is 4.95. The quantitative estimate of drug-likeness (QED) is 0.487. The molecule has 7 heteroatoms. The topological polar surface area (TPSA) is 99.0 Å². The summed E-state index contributed by atoms with van der Waals surface area (Å²) < 4.78 is 4.63. The predicted molar refractivity (Wildman–Crippen MR) is 61.4 cm³/mol. The zero-order valence-electron chi connectivity index (χ0n) is 9.33. The lowest BCUT2D eigenvalue weighted by molar-refractivity contribution is -0.139. The van der Waals surface area contributed by atoms with Gasteiger partial charge in [0, 0.05) is 0 Å². The second-order valence-corrected chi connectivity index (χ2v) is 3.47. The number of likely N-dealkylation sites (N-methyl/N-ethyl adjacent to an activating group) is 1. The summed E-state index contributed by atoms with van der Waals surface area (Å²) in [6.45, 7) is 0. The van der Waals surface area contributed by atoms with E-state index in [1.54, 1.807) is 31.3 Å². The molecule has 0 amide bonds. The Morgan fingerprint density at radius 3 is 2.41 bits per heavy atom. The second kappa shape index (κ2) is 6.24. The van der Waals surface area contributed by atoms with E-state index in [0.717, 1.165) is 5.56 Å². The van der Waals surface area contributed by atoms with E-state index in [1.807, 2.05) is 0 Å². The first-order valence-corrected chi connectivity index (χ1v) is 5.04. The minimum Gasteiger partial charge on any atom is -0.512 e. The van der Waals surface area contributed by atoms with Crippen LogP contribution in [0.25, 0.3) is 0 Å². The summed E-state index contributed by atoms with van der Waals surface area (Å²) in [6.07, 6.45) is 0.341. The molecule has 0 radical (unpaired) electrons. The Bertz CT molecular complexity index is 367. The zero-order valence-corrected chi connectivity index (χ0v) is 9.33. The van der Waals surface area contributed by atoms with Gasteiger partial charge in [0.25, 0.3) is 0 Å². The molecule has 0 aliphatic carbocycles. The van der Waals surface area contributed by atoms with Gasteiger partial charge in [0.05, 0.1) is 0 Å². The minimum atomic E-state index is -1.86. The molecule has 0 heterocycles. The normalized spacial score (nSPS) is 11.9. The molecule has 0 fully saturated rings. The lowest BCUT2D eigenvalue weighted by atomic mass is 10.1. The van der Waals surface area contributed by atoms with Crippen LogP contribution < -0.4 is 9.97 Å². The van der Waals surface area contributed by atoms with Crippen LogP contribution in [-0.2, 0) is 11.2 Å². The van der Waals surface area contributed by atoms with Crippen LogP contribution in [0.1, 0.15) is 5.56 Å². The van der Waals surface area contributed by atoms with Crippen LogP contribution in [0, 0.1) is 0 Å². The highest BCUT2D eigenvalue weighted by molar-refractivity contribution is 6.33. The first-order chi connectivity index (χ1) is 8.02. The second-order valence-electron chi connectivity index (χ2n) is 3.47. The van der Waals surface area contributed by atoms with Gasteiger partial charge in [-0.1, -0.05) is 12.1 Å². The Balaban J connectivity index is 2.64. The maximum Gasteiger partial charge on any atom is 0.707 e. The number of nitrogens with one attached hydrogen (secondary N) is 1. The molecule has 92 valence electrons. The van der Waals surface area contributed by atoms with Crippen LogP contribution in [0.4, 0.5) is 0 Å². The molecule has 17 heavy (non-hydrogen) atoms. The van der Waals surface area contributed by atoms with Crippen molar-refractivity contribution in [2.75, 3.05) is 7.05 Å². The van der Waals surface area contributed by atoms with Crippen molar-refractivity contribution in [1.29, 1.82) is 0 Å². The third-order valence-corrected chi connectivity index (χ3v) is 2.25. The number of carboxylic acid groups (broad SMARTS) is 1. The van der Waals surface area contributed by atoms with Crippen molar-refractivity contribution in [1.82, 2.24) is 5.32 Å². The molecule has 0 bridgehead atoms. The van der Waals surface area contributed by atoms with Crippen molar-refractivity contribution in [3.8, 4) is 5.75 Å². The summed E-state index contributed by atoms with van der Waals surface area (Å²) in [5.41, 5.74) is 0.812. The standard InChI is InChI=1S/C10H14BNO5/c1-12-9(10(13)14)6-7-2-4-8(5-3-7)17-11(15)16/h2-5,9,12,15-16H,6H2,1H3,(H,13,14). The van der Waals surface area contributed by atoms with Gasteiger partial charge in [-0.25, -0.2) is 0 Å². The van der Waals surface area contributed by atoms with Crippen molar-refractivity contribution < 1.29 is 24.6 Å². The van der Waals surface area contributed by atoms with Gasteiger partial charge in [0.1, 0.15) is 11.8 Å². The van der Waals surface area contributed by atoms with Gasteiger partial charge in [-0.15, -0.1) is 0 Å². The number of benzene rings is 1. The van der Waals surface area contributed by atoms with E-state index in [1.165, 1.54) is 0 Å². The first-order valence-electron chi connectivity index (χ1n) is 5.04. The van der Waals surface area contributed by atoms with E-state index >= 15 is 0 Å². The lowest BCUT2D eigenvalue weighted by Crippen LogP contribution is -2.35. The number of hydrogen-bond donors (Lipinski definition) is 4. The Morgan fingerprint density at radius 2 is 2.00 bits per heavy atom. The molecule has 1 rings (SSSR count). The van der Waals surface area contributed by atoms with Crippen LogP contribution in [-0.4, -0.2) is 41.5 Å². The summed E-state index contributed by atoms with van der Waals surface area (Å²) in [5.74, 6) is -0.612. The van der Waals surface area contributed by atoms with Crippen molar-refractivity contribution in [3.05, 3.63) is 29.8 Å². The van der Waals surface area contributed by atoms with Crippen LogP contribution in [0.2, 0.25) is 0 Å². The minimum absolute atomic E-state index is 0.306. The molecular weight excluding hydrogens is 225 g/mol. The van der Waals surface area contributed by atoms with Gasteiger partial charge in [0.15, 0.2) is 0 Å². The van der Waals surface area contributed by atoms with E-state index in [-0.39, 0.29) is 0 Å². The molecule has 1 aromatic carbocycles. The fourth-order valence-corrected chi connectivity index (χ4v) is 1.37. The van der Waals surface area contributed by atoms with Crippen LogP contribution in [0.5, 0.6) is 5.75 Å². The van der Waals surface area contributed by atoms with Gasteiger partial charge in [0.2, 0.25) is 0 Å². The van der Waals surface area contributed by atoms with Crippen molar-refractivity contribution >= 4 is 13.3 Å². The Hall–Kier alpha value is -1.57. The number of carboxylic acids is 1. The summed E-state index contributed by atoms with van der Waals surface area (Å²) >= 11 is 0. The van der Waals surface area contributed by atoms with E-state index < -0.39 is 19.3 Å². The molecule has 0 saturated heterocycles. The summed E-state index contributed by atoms with van der Waals surface area (Å²) in [6, 6.07) is 5.79. The molecule has 1 atom stereocenters. The molecule has 0 aliphatic heterocycles. The van der Waals surface area contributed by atoms with Crippen LogP contribution in [0.15, 0.2) is 24.3 Å². The molecule has 1 aromatic rings. The molecule has 0 saturated carbocycles. The highest BCUT2D eigenvalue weighted by atomic mass is 16.6. The fourth-order valence-electron chi connectivity index (χ4n) is 1.37. The summed E-state index contributed by atoms with van der Waals surface area (Å²) in [5, 5.41) is 28.7.